The molecule has 2 aromatic rings. The molecule has 1 N–H and O–H groups in total. The third-order valence-electron chi connectivity index (χ3n) is 3.41. The highest BCUT2D eigenvalue weighted by Gasteiger charge is 2.19. The van der Waals surface area contributed by atoms with Gasteiger partial charge in [0.05, 0.1) is 5.69 Å². The molecule has 0 saturated heterocycles. The van der Waals surface area contributed by atoms with E-state index in [1.165, 1.54) is 11.3 Å². The second-order valence-electron chi connectivity index (χ2n) is 5.40. The fourth-order valence-electron chi connectivity index (χ4n) is 1.95. The molecule has 0 aliphatic heterocycles. The zero-order valence-corrected chi connectivity index (χ0v) is 15.3. The Bertz CT molecular complexity index is 745. The first kappa shape index (κ1) is 18.4. The lowest BCUT2D eigenvalue weighted by Gasteiger charge is -2.11. The first-order chi connectivity index (χ1) is 11.4. The van der Waals surface area contributed by atoms with Crippen LogP contribution in [0.1, 0.15) is 35.6 Å². The predicted octanol–water partition coefficient (Wildman–Crippen LogP) is 3.84. The van der Waals surface area contributed by atoms with Gasteiger partial charge in [-0.2, -0.15) is 0 Å². The maximum absolute atomic E-state index is 12.2. The van der Waals surface area contributed by atoms with Gasteiger partial charge in [-0.1, -0.05) is 30.7 Å². The van der Waals surface area contributed by atoms with Gasteiger partial charge in [-0.15, -0.1) is 11.3 Å². The minimum absolute atomic E-state index is 0.0516. The van der Waals surface area contributed by atoms with Crippen LogP contribution in [0.5, 0.6) is 0 Å². The van der Waals surface area contributed by atoms with E-state index in [0.717, 1.165) is 12.0 Å². The summed E-state index contributed by atoms with van der Waals surface area (Å²) >= 11 is 7.21. The Balaban J connectivity index is 2.04. The van der Waals surface area contributed by atoms with Crippen molar-refractivity contribution in [2.75, 3.05) is 6.61 Å². The SMILES string of the molecule is CC[C@H](C)NC(=O)COC(=O)c1sc(-c2cccc(Cl)c2)nc1C. The lowest BCUT2D eigenvalue weighted by molar-refractivity contribution is -0.124. The van der Waals surface area contributed by atoms with Crippen LogP contribution in [0.2, 0.25) is 5.02 Å². The maximum atomic E-state index is 12.2. The highest BCUT2D eigenvalue weighted by Crippen LogP contribution is 2.29. The van der Waals surface area contributed by atoms with E-state index in [-0.39, 0.29) is 18.6 Å². The summed E-state index contributed by atoms with van der Waals surface area (Å²) in [4.78, 5) is 28.6. The molecule has 1 amide bonds. The Morgan fingerprint density at radius 3 is 2.83 bits per heavy atom. The second-order valence-corrected chi connectivity index (χ2v) is 6.83. The minimum atomic E-state index is -0.544. The Kier molecular flexibility index (Phi) is 6.34. The third-order valence-corrected chi connectivity index (χ3v) is 4.83. The topological polar surface area (TPSA) is 68.3 Å². The number of rotatable bonds is 6. The standard InChI is InChI=1S/C17H19ClN2O3S/c1-4-10(2)19-14(21)9-23-17(22)15-11(3)20-16(24-15)12-6-5-7-13(18)8-12/h5-8,10H,4,9H2,1-3H3,(H,19,21)/t10-/m0/s1. The van der Waals surface area contributed by atoms with Gasteiger partial charge >= 0.3 is 5.97 Å². The van der Waals surface area contributed by atoms with E-state index >= 15 is 0 Å². The fourth-order valence-corrected chi connectivity index (χ4v) is 3.09. The summed E-state index contributed by atoms with van der Waals surface area (Å²) in [6.07, 6.45) is 0.816. The number of carbonyl (C=O) groups excluding carboxylic acids is 2. The molecule has 0 radical (unpaired) electrons. The Hall–Kier alpha value is -1.92. The van der Waals surface area contributed by atoms with Crippen molar-refractivity contribution in [1.82, 2.24) is 10.3 Å². The number of thiazole rings is 1. The van der Waals surface area contributed by atoms with Crippen LogP contribution >= 0.6 is 22.9 Å². The second kappa shape index (κ2) is 8.26. The van der Waals surface area contributed by atoms with Gasteiger partial charge in [0.25, 0.3) is 5.91 Å². The van der Waals surface area contributed by atoms with Crippen LogP contribution in [0.15, 0.2) is 24.3 Å². The summed E-state index contributed by atoms with van der Waals surface area (Å²) in [6, 6.07) is 7.31. The maximum Gasteiger partial charge on any atom is 0.350 e. The number of aromatic nitrogens is 1. The molecule has 0 aliphatic carbocycles. The number of amides is 1. The van der Waals surface area contributed by atoms with Crippen molar-refractivity contribution in [1.29, 1.82) is 0 Å². The van der Waals surface area contributed by atoms with Crippen LogP contribution in [-0.2, 0) is 9.53 Å². The molecule has 0 unspecified atom stereocenters. The molecule has 1 aromatic carbocycles. The van der Waals surface area contributed by atoms with Crippen LogP contribution in [0.3, 0.4) is 0 Å². The van der Waals surface area contributed by atoms with E-state index < -0.39 is 5.97 Å². The number of halogens is 1. The number of ether oxygens (including phenoxy) is 1. The van der Waals surface area contributed by atoms with Crippen molar-refractivity contribution in [2.24, 2.45) is 0 Å². The zero-order valence-electron chi connectivity index (χ0n) is 13.8. The van der Waals surface area contributed by atoms with Crippen molar-refractivity contribution in [3.63, 3.8) is 0 Å². The van der Waals surface area contributed by atoms with Crippen LogP contribution in [-0.4, -0.2) is 29.5 Å². The molecule has 1 heterocycles. The molecule has 1 atom stereocenters. The molecular formula is C17H19ClN2O3S. The smallest absolute Gasteiger partial charge is 0.350 e. The summed E-state index contributed by atoms with van der Waals surface area (Å²) in [7, 11) is 0. The number of aryl methyl sites for hydroxylation is 1. The molecule has 2 rings (SSSR count). The summed E-state index contributed by atoms with van der Waals surface area (Å²) < 4.78 is 5.08. The average molecular weight is 367 g/mol. The number of esters is 1. The molecule has 0 bridgehead atoms. The van der Waals surface area contributed by atoms with E-state index in [1.807, 2.05) is 26.0 Å². The average Bonchev–Trinajstić information content (AvgIpc) is 2.94. The highest BCUT2D eigenvalue weighted by molar-refractivity contribution is 7.17. The lowest BCUT2D eigenvalue weighted by Crippen LogP contribution is -2.35. The van der Waals surface area contributed by atoms with Gasteiger partial charge in [0.15, 0.2) is 6.61 Å². The van der Waals surface area contributed by atoms with E-state index in [2.05, 4.69) is 10.3 Å². The number of benzene rings is 1. The first-order valence-corrected chi connectivity index (χ1v) is 8.80. The summed E-state index contributed by atoms with van der Waals surface area (Å²) in [5, 5.41) is 4.03. The van der Waals surface area contributed by atoms with Crippen molar-refractivity contribution < 1.29 is 14.3 Å². The molecule has 7 heteroatoms. The van der Waals surface area contributed by atoms with Gasteiger partial charge in [0.1, 0.15) is 9.88 Å². The monoisotopic (exact) mass is 366 g/mol. The summed E-state index contributed by atoms with van der Waals surface area (Å²) in [5.41, 5.74) is 1.41. The van der Waals surface area contributed by atoms with E-state index in [1.54, 1.807) is 19.1 Å². The predicted molar refractivity (Wildman–Crippen MR) is 95.5 cm³/mol. The largest absolute Gasteiger partial charge is 0.451 e. The summed E-state index contributed by atoms with van der Waals surface area (Å²) in [5.74, 6) is -0.854. The van der Waals surface area contributed by atoms with Crippen molar-refractivity contribution in [3.8, 4) is 10.6 Å². The number of hydrogen-bond donors (Lipinski definition) is 1. The Morgan fingerprint density at radius 1 is 1.42 bits per heavy atom. The van der Waals surface area contributed by atoms with Gasteiger partial charge in [0.2, 0.25) is 0 Å². The highest BCUT2D eigenvalue weighted by atomic mass is 35.5. The molecule has 128 valence electrons. The normalized spacial score (nSPS) is 11.8. The molecular weight excluding hydrogens is 348 g/mol. The van der Waals surface area contributed by atoms with Gasteiger partial charge in [-0.05, 0) is 32.4 Å². The molecule has 24 heavy (non-hydrogen) atoms. The van der Waals surface area contributed by atoms with Crippen LogP contribution in [0, 0.1) is 6.92 Å². The van der Waals surface area contributed by atoms with Crippen molar-refractivity contribution in [2.45, 2.75) is 33.2 Å². The zero-order chi connectivity index (χ0) is 17.7. The summed E-state index contributed by atoms with van der Waals surface area (Å²) in [6.45, 7) is 5.30. The molecule has 0 aliphatic rings. The molecule has 1 aromatic heterocycles. The Labute approximate surface area is 150 Å². The molecule has 0 saturated carbocycles. The van der Waals surface area contributed by atoms with Crippen molar-refractivity contribution in [3.05, 3.63) is 39.9 Å². The number of nitrogens with one attached hydrogen (secondary N) is 1. The van der Waals surface area contributed by atoms with Crippen LogP contribution in [0.25, 0.3) is 10.6 Å². The number of carbonyl (C=O) groups is 2. The molecule has 0 spiro atoms. The van der Waals surface area contributed by atoms with Crippen LogP contribution < -0.4 is 5.32 Å². The van der Waals surface area contributed by atoms with Crippen molar-refractivity contribution >= 4 is 34.8 Å². The third kappa shape index (κ3) is 4.79. The van der Waals surface area contributed by atoms with Gasteiger partial charge < -0.3 is 10.1 Å². The minimum Gasteiger partial charge on any atom is -0.451 e. The van der Waals surface area contributed by atoms with Gasteiger partial charge in [-0.25, -0.2) is 9.78 Å². The van der Waals surface area contributed by atoms with E-state index in [4.69, 9.17) is 16.3 Å². The Morgan fingerprint density at radius 2 is 2.17 bits per heavy atom. The number of nitrogens with zero attached hydrogens (tertiary/aromatic N) is 1. The van der Waals surface area contributed by atoms with Gasteiger partial charge in [0, 0.05) is 16.6 Å². The quantitative estimate of drug-likeness (QED) is 0.788. The van der Waals surface area contributed by atoms with Gasteiger partial charge in [-0.3, -0.25) is 4.79 Å². The lowest BCUT2D eigenvalue weighted by atomic mass is 10.2. The first-order valence-electron chi connectivity index (χ1n) is 7.60. The van der Waals surface area contributed by atoms with E-state index in [9.17, 15) is 9.59 Å². The molecule has 0 fully saturated rings. The molecule has 5 nitrogen and oxygen atoms in total. The number of hydrogen-bond acceptors (Lipinski definition) is 5. The van der Waals surface area contributed by atoms with E-state index in [0.29, 0.717) is 20.6 Å². The van der Waals surface area contributed by atoms with Crippen LogP contribution in [0.4, 0.5) is 0 Å². The fraction of sp³-hybridized carbons (Fsp3) is 0.353.